The van der Waals surface area contributed by atoms with E-state index in [1.54, 1.807) is 29.2 Å². The highest BCUT2D eigenvalue weighted by molar-refractivity contribution is 6.01. The molecule has 0 unspecified atom stereocenters. The topological polar surface area (TPSA) is 68.6 Å². The molecule has 0 bridgehead atoms. The largest absolute Gasteiger partial charge is 0.454 e. The maximum Gasteiger partial charge on any atom is 0.338 e. The van der Waals surface area contributed by atoms with Crippen LogP contribution >= 0.6 is 0 Å². The van der Waals surface area contributed by atoms with E-state index in [1.807, 2.05) is 31.4 Å². The molecule has 6 nitrogen and oxygen atoms in total. The van der Waals surface area contributed by atoms with Gasteiger partial charge in [0.05, 0.1) is 5.56 Å². The number of amides is 1. The Hall–Kier alpha value is -2.89. The maximum atomic E-state index is 12.5. The molecule has 1 aliphatic heterocycles. The molecule has 1 fully saturated rings. The van der Waals surface area contributed by atoms with Gasteiger partial charge < -0.3 is 14.2 Å². The molecule has 0 saturated carbocycles. The van der Waals surface area contributed by atoms with E-state index in [4.69, 9.17) is 4.74 Å². The molecular formula is C21H24N2O4. The SMILES string of the molecule is CCn1c(C)cc(C(=O)COC(=O)c2cccc(N3CCCC3=O)c2)c1C. The Kier molecular flexibility index (Phi) is 5.44. The van der Waals surface area contributed by atoms with Gasteiger partial charge in [0.15, 0.2) is 6.61 Å². The highest BCUT2D eigenvalue weighted by atomic mass is 16.5. The first-order valence-electron chi connectivity index (χ1n) is 9.19. The number of aromatic nitrogens is 1. The average molecular weight is 368 g/mol. The van der Waals surface area contributed by atoms with Gasteiger partial charge in [-0.2, -0.15) is 0 Å². The van der Waals surface area contributed by atoms with Crippen LogP contribution in [0.15, 0.2) is 30.3 Å². The van der Waals surface area contributed by atoms with Crippen LogP contribution in [0.1, 0.15) is 51.9 Å². The van der Waals surface area contributed by atoms with Crippen LogP contribution in [-0.4, -0.2) is 35.4 Å². The highest BCUT2D eigenvalue weighted by Crippen LogP contribution is 2.23. The summed E-state index contributed by atoms with van der Waals surface area (Å²) in [4.78, 5) is 38.4. The normalized spacial score (nSPS) is 13.9. The van der Waals surface area contributed by atoms with E-state index in [-0.39, 0.29) is 18.3 Å². The Balaban J connectivity index is 1.67. The molecule has 1 aliphatic rings. The van der Waals surface area contributed by atoms with Crippen molar-refractivity contribution in [1.29, 1.82) is 0 Å². The number of anilines is 1. The number of hydrogen-bond donors (Lipinski definition) is 0. The number of Topliss-reactive ketones (excluding diaryl/α,β-unsaturated/α-hetero) is 1. The van der Waals surface area contributed by atoms with E-state index < -0.39 is 5.97 Å². The fourth-order valence-electron chi connectivity index (χ4n) is 3.58. The van der Waals surface area contributed by atoms with Crippen LogP contribution < -0.4 is 4.90 Å². The number of aryl methyl sites for hydroxylation is 1. The number of ether oxygens (including phenoxy) is 1. The minimum Gasteiger partial charge on any atom is -0.454 e. The standard InChI is InChI=1S/C21H24N2O4/c1-4-22-14(2)11-18(15(22)3)19(24)13-27-21(26)16-7-5-8-17(12-16)23-10-6-9-20(23)25/h5,7-8,11-12H,4,6,9-10,13H2,1-3H3. The number of benzene rings is 1. The Bertz CT molecular complexity index is 898. The van der Waals surface area contributed by atoms with Gasteiger partial charge in [-0.3, -0.25) is 9.59 Å². The second-order valence-corrected chi connectivity index (χ2v) is 6.73. The molecular weight excluding hydrogens is 344 g/mol. The van der Waals surface area contributed by atoms with E-state index in [1.165, 1.54) is 0 Å². The van der Waals surface area contributed by atoms with Gasteiger partial charge in [-0.15, -0.1) is 0 Å². The first kappa shape index (κ1) is 18.9. The number of ketones is 1. The first-order chi connectivity index (χ1) is 12.9. The van der Waals surface area contributed by atoms with E-state index in [0.29, 0.717) is 29.8 Å². The smallest absolute Gasteiger partial charge is 0.338 e. The van der Waals surface area contributed by atoms with Gasteiger partial charge in [-0.25, -0.2) is 4.79 Å². The summed E-state index contributed by atoms with van der Waals surface area (Å²) in [5.74, 6) is -0.731. The van der Waals surface area contributed by atoms with Crippen molar-refractivity contribution >= 4 is 23.3 Å². The summed E-state index contributed by atoms with van der Waals surface area (Å²) in [6.07, 6.45) is 1.34. The molecule has 142 valence electrons. The van der Waals surface area contributed by atoms with Crippen molar-refractivity contribution in [3.8, 4) is 0 Å². The van der Waals surface area contributed by atoms with Crippen LogP contribution in [0.2, 0.25) is 0 Å². The minimum atomic E-state index is -0.568. The van der Waals surface area contributed by atoms with Crippen LogP contribution in [0.25, 0.3) is 0 Å². The van der Waals surface area contributed by atoms with Crippen molar-refractivity contribution in [1.82, 2.24) is 4.57 Å². The lowest BCUT2D eigenvalue weighted by Gasteiger charge is -2.16. The Morgan fingerprint density at radius 1 is 1.19 bits per heavy atom. The third-order valence-corrected chi connectivity index (χ3v) is 4.99. The molecule has 0 N–H and O–H groups in total. The molecule has 1 saturated heterocycles. The van der Waals surface area contributed by atoms with Gasteiger partial charge in [-0.05, 0) is 51.5 Å². The van der Waals surface area contributed by atoms with Crippen molar-refractivity contribution in [2.45, 2.75) is 40.2 Å². The lowest BCUT2D eigenvalue weighted by molar-refractivity contribution is -0.117. The lowest BCUT2D eigenvalue weighted by atomic mass is 10.1. The van der Waals surface area contributed by atoms with Crippen LogP contribution in [0.5, 0.6) is 0 Å². The van der Waals surface area contributed by atoms with E-state index in [2.05, 4.69) is 0 Å². The monoisotopic (exact) mass is 368 g/mol. The quantitative estimate of drug-likeness (QED) is 0.580. The third kappa shape index (κ3) is 3.79. The molecule has 1 aromatic heterocycles. The van der Waals surface area contributed by atoms with Crippen LogP contribution in [-0.2, 0) is 16.1 Å². The van der Waals surface area contributed by atoms with Crippen molar-refractivity contribution in [3.05, 3.63) is 52.8 Å². The molecule has 6 heteroatoms. The number of carbonyl (C=O) groups is 3. The third-order valence-electron chi connectivity index (χ3n) is 4.99. The number of nitrogens with zero attached hydrogens (tertiary/aromatic N) is 2. The summed E-state index contributed by atoms with van der Waals surface area (Å²) >= 11 is 0. The van der Waals surface area contributed by atoms with Crippen LogP contribution in [0.3, 0.4) is 0 Å². The summed E-state index contributed by atoms with van der Waals surface area (Å²) < 4.78 is 7.27. The second-order valence-electron chi connectivity index (χ2n) is 6.73. The number of esters is 1. The van der Waals surface area contributed by atoms with Gasteiger partial charge in [0.1, 0.15) is 0 Å². The van der Waals surface area contributed by atoms with Crippen molar-refractivity contribution < 1.29 is 19.1 Å². The van der Waals surface area contributed by atoms with Crippen LogP contribution in [0.4, 0.5) is 5.69 Å². The second kappa shape index (κ2) is 7.78. The number of hydrogen-bond acceptors (Lipinski definition) is 4. The molecule has 27 heavy (non-hydrogen) atoms. The van der Waals surface area contributed by atoms with Gasteiger partial charge in [-0.1, -0.05) is 6.07 Å². The predicted molar refractivity (Wildman–Crippen MR) is 102 cm³/mol. The summed E-state index contributed by atoms with van der Waals surface area (Å²) in [6, 6.07) is 8.60. The van der Waals surface area contributed by atoms with Crippen molar-refractivity contribution in [2.75, 3.05) is 18.1 Å². The molecule has 1 aromatic carbocycles. The highest BCUT2D eigenvalue weighted by Gasteiger charge is 2.23. The molecule has 0 aliphatic carbocycles. The van der Waals surface area contributed by atoms with Gasteiger partial charge in [0.2, 0.25) is 11.7 Å². The minimum absolute atomic E-state index is 0.0574. The molecule has 0 radical (unpaired) electrons. The van der Waals surface area contributed by atoms with E-state index in [9.17, 15) is 14.4 Å². The molecule has 3 rings (SSSR count). The zero-order chi connectivity index (χ0) is 19.6. The Morgan fingerprint density at radius 2 is 1.96 bits per heavy atom. The van der Waals surface area contributed by atoms with E-state index in [0.717, 1.165) is 24.4 Å². The number of carbonyl (C=O) groups excluding carboxylic acids is 3. The summed E-state index contributed by atoms with van der Waals surface area (Å²) in [7, 11) is 0. The molecule has 2 heterocycles. The van der Waals surface area contributed by atoms with E-state index >= 15 is 0 Å². The summed E-state index contributed by atoms with van der Waals surface area (Å²) in [5.41, 5.74) is 3.49. The average Bonchev–Trinajstić information content (AvgIpc) is 3.22. The summed E-state index contributed by atoms with van der Waals surface area (Å²) in [5, 5.41) is 0. The maximum absolute atomic E-state index is 12.5. The van der Waals surface area contributed by atoms with Crippen LogP contribution in [0, 0.1) is 13.8 Å². The predicted octanol–water partition coefficient (Wildman–Crippen LogP) is 3.29. The van der Waals surface area contributed by atoms with Crippen molar-refractivity contribution in [2.24, 2.45) is 0 Å². The lowest BCUT2D eigenvalue weighted by Crippen LogP contribution is -2.24. The fraction of sp³-hybridized carbons (Fsp3) is 0.381. The molecule has 0 atom stereocenters. The molecule has 1 amide bonds. The van der Waals surface area contributed by atoms with Crippen molar-refractivity contribution in [3.63, 3.8) is 0 Å². The van der Waals surface area contributed by atoms with Gasteiger partial charge >= 0.3 is 5.97 Å². The zero-order valence-corrected chi connectivity index (χ0v) is 15.9. The zero-order valence-electron chi connectivity index (χ0n) is 15.9. The fourth-order valence-corrected chi connectivity index (χ4v) is 3.58. The van der Waals surface area contributed by atoms with Gasteiger partial charge in [0, 0.05) is 42.1 Å². The van der Waals surface area contributed by atoms with Gasteiger partial charge in [0.25, 0.3) is 0 Å². The Labute approximate surface area is 158 Å². The molecule has 0 spiro atoms. The summed E-state index contributed by atoms with van der Waals surface area (Å²) in [6.45, 7) is 6.99. The first-order valence-corrected chi connectivity index (χ1v) is 9.19. The number of rotatable bonds is 6. The Morgan fingerprint density at radius 3 is 2.59 bits per heavy atom. The molecule has 2 aromatic rings.